The van der Waals surface area contributed by atoms with Crippen LogP contribution in [0, 0.1) is 0 Å². The largest absolute Gasteiger partial charge is 0.491 e. The average molecular weight is 605 g/mol. The molecule has 0 spiro atoms. The van der Waals surface area contributed by atoms with Crippen LogP contribution in [0.25, 0.3) is 0 Å². The van der Waals surface area contributed by atoms with Gasteiger partial charge in [-0.2, -0.15) is 0 Å². The molecule has 2 aliphatic rings. The van der Waals surface area contributed by atoms with Gasteiger partial charge in [0.05, 0.1) is 30.9 Å². The highest BCUT2D eigenvalue weighted by molar-refractivity contribution is 5.97. The van der Waals surface area contributed by atoms with Crippen molar-refractivity contribution in [2.45, 2.75) is 51.2 Å². The minimum atomic E-state index is -0.687. The van der Waals surface area contributed by atoms with Gasteiger partial charge in [0.1, 0.15) is 54.0 Å². The van der Waals surface area contributed by atoms with Crippen molar-refractivity contribution in [2.75, 3.05) is 33.0 Å². The molecule has 5 rings (SSSR count). The molecule has 2 aliphatic heterocycles. The van der Waals surface area contributed by atoms with E-state index in [9.17, 15) is 14.4 Å². The molecular weight excluding hydrogens is 568 g/mol. The predicted molar refractivity (Wildman–Crippen MR) is 159 cm³/mol. The quantitative estimate of drug-likeness (QED) is 0.0808. The molecule has 2 saturated heterocycles. The molecule has 0 N–H and O–H groups in total. The molecule has 0 aliphatic carbocycles. The first kappa shape index (κ1) is 31.0. The van der Waals surface area contributed by atoms with Crippen LogP contribution in [-0.2, 0) is 14.2 Å². The summed E-state index contributed by atoms with van der Waals surface area (Å²) in [5.74, 6) is -0.698. The molecule has 2 atom stereocenters. The lowest BCUT2D eigenvalue weighted by Crippen LogP contribution is -2.15. The zero-order valence-electron chi connectivity index (χ0n) is 24.7. The van der Waals surface area contributed by atoms with Gasteiger partial charge in [0.25, 0.3) is 0 Å². The Morgan fingerprint density at radius 2 is 1.18 bits per heavy atom. The van der Waals surface area contributed by atoms with Gasteiger partial charge in [-0.1, -0.05) is 32.6 Å². The number of carbonyl (C=O) groups is 3. The predicted octanol–water partition coefficient (Wildman–Crippen LogP) is 5.81. The minimum absolute atomic E-state index is 0.0156. The molecule has 10 nitrogen and oxygen atoms in total. The second kappa shape index (κ2) is 15.4. The highest BCUT2D eigenvalue weighted by Gasteiger charge is 2.24. The van der Waals surface area contributed by atoms with Gasteiger partial charge >= 0.3 is 17.9 Å². The molecule has 232 valence electrons. The Balaban J connectivity index is 1.24. The summed E-state index contributed by atoms with van der Waals surface area (Å²) < 4.78 is 38.1. The SMILES string of the molecule is CCCCCCCOC(=O)c1cc(OC(=O)c2ccc(OCC3CO3)cc2)ccc1OC(=O)c1ccc(OCC2CO2)cc1. The molecule has 0 saturated carbocycles. The molecule has 10 heteroatoms. The van der Waals surface area contributed by atoms with E-state index in [1.807, 2.05) is 0 Å². The van der Waals surface area contributed by atoms with E-state index in [-0.39, 0.29) is 41.4 Å². The third kappa shape index (κ3) is 9.55. The lowest BCUT2D eigenvalue weighted by Gasteiger charge is -2.13. The van der Waals surface area contributed by atoms with E-state index >= 15 is 0 Å². The van der Waals surface area contributed by atoms with Crippen LogP contribution in [0.5, 0.6) is 23.0 Å². The molecule has 44 heavy (non-hydrogen) atoms. The first-order valence-electron chi connectivity index (χ1n) is 14.9. The number of rotatable bonds is 17. The summed E-state index contributed by atoms with van der Waals surface area (Å²) in [6, 6.07) is 17.2. The minimum Gasteiger partial charge on any atom is -0.491 e. The second-order valence-electron chi connectivity index (χ2n) is 10.6. The Morgan fingerprint density at radius 1 is 0.659 bits per heavy atom. The molecule has 2 unspecified atom stereocenters. The van der Waals surface area contributed by atoms with Crippen LogP contribution in [0.2, 0.25) is 0 Å². The van der Waals surface area contributed by atoms with Gasteiger partial charge in [-0.3, -0.25) is 0 Å². The van der Waals surface area contributed by atoms with Gasteiger partial charge in [0.15, 0.2) is 0 Å². The standard InChI is InChI=1S/C34H36O10/c1-2-3-4-5-6-17-38-34(37)30-18-27(43-32(35)23-7-11-25(12-8-23)39-19-28-21-41-28)15-16-31(30)44-33(36)24-9-13-26(14-10-24)40-20-29-22-42-29/h7-16,18,28-29H,2-6,17,19-22H2,1H3. The van der Waals surface area contributed by atoms with Crippen LogP contribution in [0.4, 0.5) is 0 Å². The van der Waals surface area contributed by atoms with Crippen LogP contribution >= 0.6 is 0 Å². The van der Waals surface area contributed by atoms with Gasteiger partial charge in [0.2, 0.25) is 0 Å². The van der Waals surface area contributed by atoms with E-state index in [0.29, 0.717) is 49.9 Å². The zero-order valence-corrected chi connectivity index (χ0v) is 24.7. The van der Waals surface area contributed by atoms with Crippen molar-refractivity contribution < 1.29 is 47.5 Å². The van der Waals surface area contributed by atoms with Crippen LogP contribution in [-0.4, -0.2) is 63.2 Å². The van der Waals surface area contributed by atoms with Crippen molar-refractivity contribution >= 4 is 17.9 Å². The first-order valence-corrected chi connectivity index (χ1v) is 14.9. The number of hydrogen-bond donors (Lipinski definition) is 0. The van der Waals surface area contributed by atoms with Gasteiger partial charge in [0, 0.05) is 0 Å². The smallest absolute Gasteiger partial charge is 0.343 e. The van der Waals surface area contributed by atoms with E-state index < -0.39 is 17.9 Å². The van der Waals surface area contributed by atoms with Crippen molar-refractivity contribution in [3.8, 4) is 23.0 Å². The lowest BCUT2D eigenvalue weighted by molar-refractivity contribution is 0.0490. The maximum absolute atomic E-state index is 13.1. The fourth-order valence-electron chi connectivity index (χ4n) is 4.18. The number of carbonyl (C=O) groups excluding carboxylic acids is 3. The third-order valence-electron chi connectivity index (χ3n) is 6.92. The monoisotopic (exact) mass is 604 g/mol. The number of benzene rings is 3. The molecule has 2 fully saturated rings. The third-order valence-corrected chi connectivity index (χ3v) is 6.92. The molecule has 2 heterocycles. The van der Waals surface area contributed by atoms with Crippen LogP contribution in [0.1, 0.15) is 70.1 Å². The summed E-state index contributed by atoms with van der Waals surface area (Å²) in [5.41, 5.74) is 0.527. The summed E-state index contributed by atoms with van der Waals surface area (Å²) in [4.78, 5) is 38.9. The van der Waals surface area contributed by atoms with E-state index in [0.717, 1.165) is 25.7 Å². The molecule has 0 bridgehead atoms. The van der Waals surface area contributed by atoms with Gasteiger partial charge in [-0.25, -0.2) is 14.4 Å². The van der Waals surface area contributed by atoms with Crippen molar-refractivity contribution in [2.24, 2.45) is 0 Å². The maximum Gasteiger partial charge on any atom is 0.343 e. The number of esters is 3. The normalized spacial score (nSPS) is 16.5. The number of epoxide rings is 2. The van der Waals surface area contributed by atoms with E-state index in [1.54, 1.807) is 48.5 Å². The highest BCUT2D eigenvalue weighted by Crippen LogP contribution is 2.28. The Bertz CT molecular complexity index is 1410. The Hall–Kier alpha value is -4.41. The first-order chi connectivity index (χ1) is 21.5. The summed E-state index contributed by atoms with van der Waals surface area (Å²) in [6.07, 6.45) is 5.17. The van der Waals surface area contributed by atoms with Gasteiger partial charge in [-0.05, 0) is 73.2 Å². The lowest BCUT2D eigenvalue weighted by atomic mass is 10.1. The molecular formula is C34H36O10. The highest BCUT2D eigenvalue weighted by atomic mass is 16.6. The Kier molecular flexibility index (Phi) is 10.8. The van der Waals surface area contributed by atoms with Gasteiger partial charge in [-0.15, -0.1) is 0 Å². The Labute approximate surface area is 256 Å². The molecule has 3 aromatic rings. The molecule has 0 aromatic heterocycles. The second-order valence-corrected chi connectivity index (χ2v) is 10.6. The van der Waals surface area contributed by atoms with Crippen LogP contribution in [0.15, 0.2) is 66.7 Å². The van der Waals surface area contributed by atoms with Crippen molar-refractivity contribution in [3.63, 3.8) is 0 Å². The number of ether oxygens (including phenoxy) is 7. The van der Waals surface area contributed by atoms with Crippen molar-refractivity contribution in [3.05, 3.63) is 83.4 Å². The summed E-state index contributed by atoms with van der Waals surface area (Å²) >= 11 is 0. The topological polar surface area (TPSA) is 122 Å². The number of hydrogen-bond acceptors (Lipinski definition) is 10. The maximum atomic E-state index is 13.1. The fraction of sp³-hybridized carbons (Fsp3) is 0.382. The van der Waals surface area contributed by atoms with Crippen molar-refractivity contribution in [1.29, 1.82) is 0 Å². The molecule has 0 radical (unpaired) electrons. The van der Waals surface area contributed by atoms with E-state index in [2.05, 4.69) is 6.92 Å². The van der Waals surface area contributed by atoms with E-state index in [1.165, 1.54) is 18.2 Å². The fourth-order valence-corrected chi connectivity index (χ4v) is 4.18. The summed E-state index contributed by atoms with van der Waals surface area (Å²) in [6.45, 7) is 4.62. The van der Waals surface area contributed by atoms with E-state index in [4.69, 9.17) is 33.2 Å². The Morgan fingerprint density at radius 3 is 1.73 bits per heavy atom. The zero-order chi connectivity index (χ0) is 30.7. The molecule has 0 amide bonds. The number of unbranched alkanes of at least 4 members (excludes halogenated alkanes) is 4. The van der Waals surface area contributed by atoms with Crippen LogP contribution < -0.4 is 18.9 Å². The van der Waals surface area contributed by atoms with Crippen molar-refractivity contribution in [1.82, 2.24) is 0 Å². The summed E-state index contributed by atoms with van der Waals surface area (Å²) in [7, 11) is 0. The van der Waals surface area contributed by atoms with Gasteiger partial charge < -0.3 is 33.2 Å². The summed E-state index contributed by atoms with van der Waals surface area (Å²) in [5, 5.41) is 0. The molecule has 3 aromatic carbocycles. The average Bonchev–Trinajstić information content (AvgIpc) is 3.98. The van der Waals surface area contributed by atoms with Crippen LogP contribution in [0.3, 0.4) is 0 Å².